The van der Waals surface area contributed by atoms with E-state index in [9.17, 15) is 9.90 Å². The Morgan fingerprint density at radius 3 is 2.76 bits per heavy atom. The number of aliphatic carboxylic acids is 1. The van der Waals surface area contributed by atoms with Crippen molar-refractivity contribution in [3.05, 3.63) is 34.9 Å². The van der Waals surface area contributed by atoms with Crippen molar-refractivity contribution in [2.45, 2.75) is 32.7 Å². The Kier molecular flexibility index (Phi) is 3.48. The Bertz CT molecular complexity index is 424. The molecule has 0 aromatic heterocycles. The van der Waals surface area contributed by atoms with Gasteiger partial charge in [-0.05, 0) is 50.3 Å². The maximum atomic E-state index is 11.3. The van der Waals surface area contributed by atoms with E-state index in [0.29, 0.717) is 5.92 Å². The van der Waals surface area contributed by atoms with E-state index in [1.807, 2.05) is 32.0 Å². The largest absolute Gasteiger partial charge is 0.480 e. The molecule has 1 aliphatic rings. The molecule has 0 spiro atoms. The topological polar surface area (TPSA) is 49.3 Å². The average molecular weight is 233 g/mol. The first-order valence-electron chi connectivity index (χ1n) is 6.11. The van der Waals surface area contributed by atoms with Crippen molar-refractivity contribution >= 4 is 5.97 Å². The summed E-state index contributed by atoms with van der Waals surface area (Å²) in [5.74, 6) is -0.110. The lowest BCUT2D eigenvalue weighted by molar-refractivity contribution is -0.139. The molecule has 92 valence electrons. The number of carbonyl (C=O) groups is 1. The van der Waals surface area contributed by atoms with Crippen LogP contribution >= 0.6 is 0 Å². The van der Waals surface area contributed by atoms with E-state index in [1.54, 1.807) is 0 Å². The lowest BCUT2D eigenvalue weighted by Gasteiger charge is -2.17. The molecule has 1 aromatic carbocycles. The first kappa shape index (κ1) is 12.1. The Balaban J connectivity index is 2.17. The van der Waals surface area contributed by atoms with E-state index >= 15 is 0 Å². The molecule has 1 atom stereocenters. The molecule has 1 aromatic rings. The third kappa shape index (κ3) is 3.07. The molecule has 1 fully saturated rings. The number of carboxylic acid groups (broad SMARTS) is 1. The molecule has 1 saturated carbocycles. The monoisotopic (exact) mass is 233 g/mol. The molecule has 0 heterocycles. The van der Waals surface area contributed by atoms with Crippen LogP contribution in [-0.2, 0) is 4.79 Å². The summed E-state index contributed by atoms with van der Waals surface area (Å²) in [6.07, 6.45) is 2.46. The van der Waals surface area contributed by atoms with Crippen LogP contribution in [0.2, 0.25) is 0 Å². The summed E-state index contributed by atoms with van der Waals surface area (Å²) >= 11 is 0. The van der Waals surface area contributed by atoms with Crippen molar-refractivity contribution < 1.29 is 9.90 Å². The maximum Gasteiger partial charge on any atom is 0.325 e. The lowest BCUT2D eigenvalue weighted by Crippen LogP contribution is -2.30. The van der Waals surface area contributed by atoms with E-state index in [0.717, 1.165) is 23.2 Å². The van der Waals surface area contributed by atoms with E-state index in [1.165, 1.54) is 12.8 Å². The summed E-state index contributed by atoms with van der Waals surface area (Å²) < 4.78 is 0. The number of hydrogen-bond acceptors (Lipinski definition) is 2. The highest BCUT2D eigenvalue weighted by Gasteiger charge is 2.26. The molecule has 0 aliphatic heterocycles. The van der Waals surface area contributed by atoms with Crippen LogP contribution in [0.3, 0.4) is 0 Å². The molecular formula is C14H19NO2. The van der Waals surface area contributed by atoms with E-state index in [-0.39, 0.29) is 0 Å². The van der Waals surface area contributed by atoms with Crippen molar-refractivity contribution in [3.63, 3.8) is 0 Å². The van der Waals surface area contributed by atoms with Gasteiger partial charge in [-0.15, -0.1) is 0 Å². The minimum atomic E-state index is -0.792. The second kappa shape index (κ2) is 4.88. The number of nitrogens with one attached hydrogen (secondary N) is 1. The molecule has 0 radical (unpaired) electrons. The predicted molar refractivity (Wildman–Crippen MR) is 67.0 cm³/mol. The number of rotatable bonds is 5. The molecule has 3 nitrogen and oxygen atoms in total. The van der Waals surface area contributed by atoms with Gasteiger partial charge >= 0.3 is 5.97 Å². The molecular weight excluding hydrogens is 214 g/mol. The predicted octanol–water partition coefficient (Wildman–Crippen LogP) is 2.43. The third-order valence-corrected chi connectivity index (χ3v) is 3.30. The molecule has 2 N–H and O–H groups in total. The molecule has 2 rings (SSSR count). The van der Waals surface area contributed by atoms with Gasteiger partial charge < -0.3 is 10.4 Å². The van der Waals surface area contributed by atoms with Crippen LogP contribution < -0.4 is 5.32 Å². The second-order valence-corrected chi connectivity index (χ2v) is 4.98. The van der Waals surface area contributed by atoms with Gasteiger partial charge in [0, 0.05) is 0 Å². The van der Waals surface area contributed by atoms with Crippen molar-refractivity contribution in [3.8, 4) is 0 Å². The maximum absolute atomic E-state index is 11.3. The van der Waals surface area contributed by atoms with Gasteiger partial charge in [-0.1, -0.05) is 23.8 Å². The van der Waals surface area contributed by atoms with Gasteiger partial charge in [0.15, 0.2) is 0 Å². The van der Waals surface area contributed by atoms with Crippen LogP contribution in [0.4, 0.5) is 0 Å². The quantitative estimate of drug-likeness (QED) is 0.821. The zero-order valence-electron chi connectivity index (χ0n) is 10.4. The van der Waals surface area contributed by atoms with Crippen LogP contribution in [0.5, 0.6) is 0 Å². The lowest BCUT2D eigenvalue weighted by atomic mass is 9.99. The summed E-state index contributed by atoms with van der Waals surface area (Å²) in [6.45, 7) is 4.76. The van der Waals surface area contributed by atoms with Crippen LogP contribution in [0.25, 0.3) is 0 Å². The van der Waals surface area contributed by atoms with Gasteiger partial charge in [0.25, 0.3) is 0 Å². The van der Waals surface area contributed by atoms with Crippen molar-refractivity contribution in [1.82, 2.24) is 5.32 Å². The highest BCUT2D eigenvalue weighted by molar-refractivity contribution is 5.76. The Morgan fingerprint density at radius 1 is 1.47 bits per heavy atom. The molecule has 0 bridgehead atoms. The molecule has 17 heavy (non-hydrogen) atoms. The highest BCUT2D eigenvalue weighted by atomic mass is 16.4. The van der Waals surface area contributed by atoms with Crippen LogP contribution in [0.15, 0.2) is 18.2 Å². The third-order valence-electron chi connectivity index (χ3n) is 3.30. The molecule has 1 unspecified atom stereocenters. The van der Waals surface area contributed by atoms with E-state index in [4.69, 9.17) is 0 Å². The molecule has 0 amide bonds. The molecule has 1 aliphatic carbocycles. The number of benzene rings is 1. The van der Waals surface area contributed by atoms with Crippen LogP contribution in [-0.4, -0.2) is 17.6 Å². The van der Waals surface area contributed by atoms with Gasteiger partial charge in [-0.2, -0.15) is 0 Å². The summed E-state index contributed by atoms with van der Waals surface area (Å²) in [6, 6.07) is 5.39. The Hall–Kier alpha value is -1.35. The fraction of sp³-hybridized carbons (Fsp3) is 0.500. The second-order valence-electron chi connectivity index (χ2n) is 4.98. The SMILES string of the molecule is Cc1ccc(C)c(C(NCC2CC2)C(=O)O)c1. The smallest absolute Gasteiger partial charge is 0.325 e. The Labute approximate surface area is 102 Å². The number of aryl methyl sites for hydroxylation is 2. The van der Waals surface area contributed by atoms with Gasteiger partial charge in [0.05, 0.1) is 0 Å². The summed E-state index contributed by atoms with van der Waals surface area (Å²) in [5, 5.41) is 12.5. The van der Waals surface area contributed by atoms with Gasteiger partial charge in [0.1, 0.15) is 6.04 Å². The average Bonchev–Trinajstić information content (AvgIpc) is 3.06. The first-order chi connectivity index (χ1) is 8.08. The first-order valence-corrected chi connectivity index (χ1v) is 6.11. The number of carboxylic acids is 1. The van der Waals surface area contributed by atoms with E-state index in [2.05, 4.69) is 5.32 Å². The summed E-state index contributed by atoms with van der Waals surface area (Å²) in [5.41, 5.74) is 3.02. The van der Waals surface area contributed by atoms with Gasteiger partial charge in [-0.25, -0.2) is 0 Å². The van der Waals surface area contributed by atoms with Gasteiger partial charge in [-0.3, -0.25) is 4.79 Å². The fourth-order valence-electron chi connectivity index (χ4n) is 2.01. The zero-order valence-corrected chi connectivity index (χ0v) is 10.4. The highest BCUT2D eigenvalue weighted by Crippen LogP contribution is 2.29. The number of hydrogen-bond donors (Lipinski definition) is 2. The molecule has 3 heteroatoms. The summed E-state index contributed by atoms with van der Waals surface area (Å²) in [7, 11) is 0. The van der Waals surface area contributed by atoms with E-state index < -0.39 is 12.0 Å². The zero-order chi connectivity index (χ0) is 12.4. The minimum absolute atomic E-state index is 0.574. The van der Waals surface area contributed by atoms with Crippen molar-refractivity contribution in [1.29, 1.82) is 0 Å². The molecule has 0 saturated heterocycles. The standard InChI is InChI=1S/C14H19NO2/c1-9-3-4-10(2)12(7-9)13(14(16)17)15-8-11-5-6-11/h3-4,7,11,13,15H,5-6,8H2,1-2H3,(H,16,17). The van der Waals surface area contributed by atoms with Crippen molar-refractivity contribution in [2.24, 2.45) is 5.92 Å². The minimum Gasteiger partial charge on any atom is -0.480 e. The van der Waals surface area contributed by atoms with Gasteiger partial charge in [0.2, 0.25) is 0 Å². The van der Waals surface area contributed by atoms with Crippen molar-refractivity contribution in [2.75, 3.05) is 6.54 Å². The van der Waals surface area contributed by atoms with Crippen LogP contribution in [0, 0.1) is 19.8 Å². The normalized spacial score (nSPS) is 16.8. The van der Waals surface area contributed by atoms with Crippen LogP contribution in [0.1, 0.15) is 35.6 Å². The fourth-order valence-corrected chi connectivity index (χ4v) is 2.01. The Morgan fingerprint density at radius 2 is 2.18 bits per heavy atom. The summed E-state index contributed by atoms with van der Waals surface area (Å²) in [4.78, 5) is 11.3.